The number of rotatable bonds is 8. The number of nitrogens with one attached hydrogen (secondary N) is 1. The van der Waals surface area contributed by atoms with Crippen molar-refractivity contribution in [2.75, 3.05) is 19.0 Å². The van der Waals surface area contributed by atoms with Crippen molar-refractivity contribution < 1.29 is 19.1 Å². The van der Waals surface area contributed by atoms with E-state index in [1.165, 1.54) is 14.0 Å². The summed E-state index contributed by atoms with van der Waals surface area (Å²) in [5, 5.41) is 2.86. The van der Waals surface area contributed by atoms with Crippen LogP contribution in [-0.2, 0) is 4.79 Å². The van der Waals surface area contributed by atoms with Crippen LogP contribution in [0.3, 0.4) is 0 Å². The summed E-state index contributed by atoms with van der Waals surface area (Å²) in [6.07, 6.45) is 0.913. The van der Waals surface area contributed by atoms with Gasteiger partial charge in [-0.3, -0.25) is 9.59 Å². The summed E-state index contributed by atoms with van der Waals surface area (Å²) in [5.74, 6) is 0.963. The van der Waals surface area contributed by atoms with E-state index in [0.717, 1.165) is 15.7 Å². The quantitative estimate of drug-likeness (QED) is 0.494. The number of carbonyl (C=O) groups excluding carboxylic acids is 2. The maximum absolute atomic E-state index is 12.0. The van der Waals surface area contributed by atoms with Crippen LogP contribution in [0.4, 0.5) is 5.69 Å². The standard InChI is InChI=1S/C20H22BrNO4/c1-13-6-8-16(12-17(13)21)22-20(24)5-4-10-26-18-9-7-15(14(2)23)11-19(18)25-3/h6-9,11-12H,4-5,10H2,1-3H3,(H,22,24). The second-order valence-corrected chi connectivity index (χ2v) is 6.74. The first-order valence-electron chi connectivity index (χ1n) is 8.28. The van der Waals surface area contributed by atoms with Crippen LogP contribution in [0, 0.1) is 6.92 Å². The molecule has 1 N–H and O–H groups in total. The van der Waals surface area contributed by atoms with Crippen LogP contribution >= 0.6 is 15.9 Å². The highest BCUT2D eigenvalue weighted by molar-refractivity contribution is 9.10. The number of halogens is 1. The van der Waals surface area contributed by atoms with Gasteiger partial charge in [-0.15, -0.1) is 0 Å². The molecule has 6 heteroatoms. The molecule has 0 bridgehead atoms. The third-order valence-corrected chi connectivity index (χ3v) is 4.69. The van der Waals surface area contributed by atoms with Gasteiger partial charge in [0.15, 0.2) is 17.3 Å². The molecule has 1 amide bonds. The average Bonchev–Trinajstić information content (AvgIpc) is 2.61. The second-order valence-electron chi connectivity index (χ2n) is 5.89. The first kappa shape index (κ1) is 20.0. The summed E-state index contributed by atoms with van der Waals surface area (Å²) in [4.78, 5) is 23.4. The Labute approximate surface area is 161 Å². The molecule has 0 radical (unpaired) electrons. The van der Waals surface area contributed by atoms with Crippen LogP contribution in [0.1, 0.15) is 35.7 Å². The predicted molar refractivity (Wildman–Crippen MR) is 105 cm³/mol. The molecule has 26 heavy (non-hydrogen) atoms. The molecular formula is C20H22BrNO4. The molecule has 0 aliphatic rings. The van der Waals surface area contributed by atoms with Gasteiger partial charge >= 0.3 is 0 Å². The van der Waals surface area contributed by atoms with Gasteiger partial charge < -0.3 is 14.8 Å². The molecule has 2 aromatic rings. The molecule has 0 fully saturated rings. The molecule has 0 saturated heterocycles. The number of ether oxygens (including phenoxy) is 2. The van der Waals surface area contributed by atoms with Crippen molar-refractivity contribution in [3.63, 3.8) is 0 Å². The topological polar surface area (TPSA) is 64.6 Å². The van der Waals surface area contributed by atoms with Crippen molar-refractivity contribution >= 4 is 33.3 Å². The van der Waals surface area contributed by atoms with E-state index in [9.17, 15) is 9.59 Å². The van der Waals surface area contributed by atoms with E-state index in [4.69, 9.17) is 9.47 Å². The highest BCUT2D eigenvalue weighted by Gasteiger charge is 2.09. The van der Waals surface area contributed by atoms with Gasteiger partial charge in [0.1, 0.15) is 0 Å². The Bertz CT molecular complexity index is 804. The zero-order chi connectivity index (χ0) is 19.1. The van der Waals surface area contributed by atoms with Crippen LogP contribution in [0.15, 0.2) is 40.9 Å². The van der Waals surface area contributed by atoms with Gasteiger partial charge in [-0.2, -0.15) is 0 Å². The minimum absolute atomic E-state index is 0.0331. The molecule has 2 rings (SSSR count). The molecule has 0 atom stereocenters. The van der Waals surface area contributed by atoms with Crippen molar-refractivity contribution in [3.05, 3.63) is 52.0 Å². The molecule has 0 aliphatic carbocycles. The van der Waals surface area contributed by atoms with Crippen molar-refractivity contribution in [2.24, 2.45) is 0 Å². The van der Waals surface area contributed by atoms with Gasteiger partial charge in [-0.1, -0.05) is 22.0 Å². The van der Waals surface area contributed by atoms with Crippen LogP contribution < -0.4 is 14.8 Å². The lowest BCUT2D eigenvalue weighted by molar-refractivity contribution is -0.116. The molecule has 0 aromatic heterocycles. The molecule has 0 spiro atoms. The minimum Gasteiger partial charge on any atom is -0.493 e. The lowest BCUT2D eigenvalue weighted by atomic mass is 10.1. The van der Waals surface area contributed by atoms with Gasteiger partial charge in [-0.05, 0) is 56.2 Å². The Morgan fingerprint density at radius 1 is 1.12 bits per heavy atom. The number of hydrogen-bond acceptors (Lipinski definition) is 4. The largest absolute Gasteiger partial charge is 0.493 e. The lowest BCUT2D eigenvalue weighted by Gasteiger charge is -2.11. The summed E-state index contributed by atoms with van der Waals surface area (Å²) in [6.45, 7) is 3.87. The summed E-state index contributed by atoms with van der Waals surface area (Å²) < 4.78 is 11.9. The SMILES string of the molecule is COc1cc(C(C)=O)ccc1OCCCC(=O)Nc1ccc(C)c(Br)c1. The molecular weight excluding hydrogens is 398 g/mol. The molecule has 0 heterocycles. The molecule has 0 aliphatic heterocycles. The van der Waals surface area contributed by atoms with E-state index < -0.39 is 0 Å². The summed E-state index contributed by atoms with van der Waals surface area (Å²) in [6, 6.07) is 10.8. The van der Waals surface area contributed by atoms with E-state index in [-0.39, 0.29) is 11.7 Å². The summed E-state index contributed by atoms with van der Waals surface area (Å²) in [7, 11) is 1.53. The fourth-order valence-electron chi connectivity index (χ4n) is 2.31. The van der Waals surface area contributed by atoms with E-state index in [0.29, 0.717) is 36.5 Å². The Balaban J connectivity index is 1.81. The zero-order valence-electron chi connectivity index (χ0n) is 15.1. The normalized spacial score (nSPS) is 10.3. The van der Waals surface area contributed by atoms with Gasteiger partial charge in [0.2, 0.25) is 5.91 Å². The third kappa shape index (κ3) is 5.59. The van der Waals surface area contributed by atoms with Crippen LogP contribution in [-0.4, -0.2) is 25.4 Å². The fourth-order valence-corrected chi connectivity index (χ4v) is 2.69. The summed E-state index contributed by atoms with van der Waals surface area (Å²) in [5.41, 5.74) is 2.44. The lowest BCUT2D eigenvalue weighted by Crippen LogP contribution is -2.13. The van der Waals surface area contributed by atoms with E-state index in [1.807, 2.05) is 25.1 Å². The Hall–Kier alpha value is -2.34. The Kier molecular flexibility index (Phi) is 7.21. The van der Waals surface area contributed by atoms with Crippen molar-refractivity contribution in [3.8, 4) is 11.5 Å². The van der Waals surface area contributed by atoms with Gasteiger partial charge in [0, 0.05) is 22.1 Å². The average molecular weight is 420 g/mol. The van der Waals surface area contributed by atoms with Crippen LogP contribution in [0.25, 0.3) is 0 Å². The molecule has 0 saturated carbocycles. The summed E-state index contributed by atoms with van der Waals surface area (Å²) >= 11 is 3.45. The Morgan fingerprint density at radius 2 is 1.88 bits per heavy atom. The predicted octanol–water partition coefficient (Wildman–Crippen LogP) is 4.77. The van der Waals surface area contributed by atoms with Crippen molar-refractivity contribution in [1.29, 1.82) is 0 Å². The molecule has 138 valence electrons. The van der Waals surface area contributed by atoms with Gasteiger partial charge in [-0.25, -0.2) is 0 Å². The third-order valence-electron chi connectivity index (χ3n) is 3.83. The highest BCUT2D eigenvalue weighted by Crippen LogP contribution is 2.28. The van der Waals surface area contributed by atoms with Crippen LogP contribution in [0.2, 0.25) is 0 Å². The van der Waals surface area contributed by atoms with E-state index in [2.05, 4.69) is 21.2 Å². The first-order valence-corrected chi connectivity index (χ1v) is 9.08. The number of carbonyl (C=O) groups is 2. The van der Waals surface area contributed by atoms with E-state index in [1.54, 1.807) is 18.2 Å². The zero-order valence-corrected chi connectivity index (χ0v) is 16.7. The van der Waals surface area contributed by atoms with Crippen LogP contribution in [0.5, 0.6) is 11.5 Å². The number of Topliss-reactive ketones (excluding diaryl/α,β-unsaturated/α-hetero) is 1. The number of methoxy groups -OCH3 is 1. The molecule has 2 aromatic carbocycles. The van der Waals surface area contributed by atoms with Crippen molar-refractivity contribution in [2.45, 2.75) is 26.7 Å². The van der Waals surface area contributed by atoms with E-state index >= 15 is 0 Å². The Morgan fingerprint density at radius 3 is 2.54 bits per heavy atom. The van der Waals surface area contributed by atoms with Gasteiger partial charge in [0.05, 0.1) is 13.7 Å². The molecule has 5 nitrogen and oxygen atoms in total. The number of benzene rings is 2. The maximum atomic E-state index is 12.0. The maximum Gasteiger partial charge on any atom is 0.224 e. The number of aryl methyl sites for hydroxylation is 1. The minimum atomic E-state index is -0.0664. The monoisotopic (exact) mass is 419 g/mol. The number of ketones is 1. The fraction of sp³-hybridized carbons (Fsp3) is 0.300. The number of hydrogen-bond donors (Lipinski definition) is 1. The smallest absolute Gasteiger partial charge is 0.224 e. The molecule has 0 unspecified atom stereocenters. The van der Waals surface area contributed by atoms with Crippen molar-refractivity contribution in [1.82, 2.24) is 0 Å². The first-order chi connectivity index (χ1) is 12.4. The number of amides is 1. The second kappa shape index (κ2) is 9.38. The highest BCUT2D eigenvalue weighted by atomic mass is 79.9. The van der Waals surface area contributed by atoms with Gasteiger partial charge in [0.25, 0.3) is 0 Å². The number of anilines is 1.